The highest BCUT2D eigenvalue weighted by atomic mass is 32.1. The van der Waals surface area contributed by atoms with E-state index in [1.807, 2.05) is 25.1 Å². The Labute approximate surface area is 148 Å². The Bertz CT molecular complexity index is 1110. The Balaban J connectivity index is 1.84. The first-order valence-electron chi connectivity index (χ1n) is 7.84. The molecule has 0 saturated carbocycles. The second-order valence-corrected chi connectivity index (χ2v) is 6.10. The van der Waals surface area contributed by atoms with Gasteiger partial charge in [-0.1, -0.05) is 31.3 Å². The molecule has 0 bridgehead atoms. The topological polar surface area (TPSA) is 55.6 Å². The molecule has 0 fully saturated rings. The Hall–Kier alpha value is -2.93. The van der Waals surface area contributed by atoms with Crippen LogP contribution in [0.25, 0.3) is 33.2 Å². The number of aromatic nitrogens is 4. The molecule has 124 valence electrons. The van der Waals surface area contributed by atoms with E-state index < -0.39 is 0 Å². The van der Waals surface area contributed by atoms with Crippen LogP contribution in [0.1, 0.15) is 13.3 Å². The van der Waals surface area contributed by atoms with Gasteiger partial charge in [-0.25, -0.2) is 9.37 Å². The summed E-state index contributed by atoms with van der Waals surface area (Å²) in [5.41, 5.74) is 6.70. The standard InChI is InChI=1S/C18H14FN5S/c1-2-18(25)23-24-17-8-15-14(7-12(17)9-21-24)20-10-16(22-15)11-4-3-5-13(19)6-11/h3-10H,2H2,1H3,(H,23,25). The first-order valence-corrected chi connectivity index (χ1v) is 8.25. The average molecular weight is 351 g/mol. The van der Waals surface area contributed by atoms with Gasteiger partial charge in [0.25, 0.3) is 0 Å². The first kappa shape index (κ1) is 15.6. The number of thiocarbonyl (C=S) groups is 1. The molecule has 0 aliphatic carbocycles. The summed E-state index contributed by atoms with van der Waals surface area (Å²) >= 11 is 5.22. The molecule has 4 rings (SSSR count). The molecule has 0 atom stereocenters. The highest BCUT2D eigenvalue weighted by Gasteiger charge is 2.09. The summed E-state index contributed by atoms with van der Waals surface area (Å²) in [5, 5.41) is 5.25. The van der Waals surface area contributed by atoms with E-state index in [1.54, 1.807) is 23.3 Å². The van der Waals surface area contributed by atoms with Crippen molar-refractivity contribution in [1.82, 2.24) is 19.9 Å². The van der Waals surface area contributed by atoms with Crippen molar-refractivity contribution in [1.29, 1.82) is 0 Å². The number of hydrogen-bond acceptors (Lipinski definition) is 4. The Morgan fingerprint density at radius 1 is 1.20 bits per heavy atom. The summed E-state index contributed by atoms with van der Waals surface area (Å²) < 4.78 is 13.5. The lowest BCUT2D eigenvalue weighted by Crippen LogP contribution is -2.21. The Morgan fingerprint density at radius 2 is 2.08 bits per heavy atom. The van der Waals surface area contributed by atoms with Gasteiger partial charge < -0.3 is 0 Å². The Morgan fingerprint density at radius 3 is 2.88 bits per heavy atom. The molecule has 5 nitrogen and oxygen atoms in total. The van der Waals surface area contributed by atoms with Crippen LogP contribution in [0.2, 0.25) is 0 Å². The molecule has 0 unspecified atom stereocenters. The van der Waals surface area contributed by atoms with Gasteiger partial charge in [-0.15, -0.1) is 0 Å². The van der Waals surface area contributed by atoms with Crippen LogP contribution in [0.4, 0.5) is 4.39 Å². The minimum absolute atomic E-state index is 0.301. The summed E-state index contributed by atoms with van der Waals surface area (Å²) in [6.07, 6.45) is 4.13. The quantitative estimate of drug-likeness (QED) is 0.564. The highest BCUT2D eigenvalue weighted by molar-refractivity contribution is 7.80. The van der Waals surface area contributed by atoms with Crippen molar-refractivity contribution in [3.05, 3.63) is 54.6 Å². The zero-order valence-electron chi connectivity index (χ0n) is 13.4. The van der Waals surface area contributed by atoms with Gasteiger partial charge in [0.05, 0.1) is 39.6 Å². The van der Waals surface area contributed by atoms with Gasteiger partial charge in [0.2, 0.25) is 0 Å². The van der Waals surface area contributed by atoms with E-state index in [-0.39, 0.29) is 5.82 Å². The largest absolute Gasteiger partial charge is 0.271 e. The number of halogens is 1. The summed E-state index contributed by atoms with van der Waals surface area (Å²) in [4.78, 5) is 11.4. The molecule has 2 aromatic heterocycles. The van der Waals surface area contributed by atoms with Crippen LogP contribution in [0, 0.1) is 5.82 Å². The fraction of sp³-hybridized carbons (Fsp3) is 0.111. The summed E-state index contributed by atoms with van der Waals surface area (Å²) in [6.45, 7) is 1.98. The average Bonchev–Trinajstić information content (AvgIpc) is 3.01. The molecule has 1 N–H and O–H groups in total. The molecule has 0 radical (unpaired) electrons. The van der Waals surface area contributed by atoms with Crippen molar-refractivity contribution in [3.63, 3.8) is 0 Å². The summed E-state index contributed by atoms with van der Waals surface area (Å²) in [7, 11) is 0. The molecule has 0 amide bonds. The number of nitrogens with one attached hydrogen (secondary N) is 1. The van der Waals surface area contributed by atoms with E-state index in [1.165, 1.54) is 12.1 Å². The number of hydrogen-bond donors (Lipinski definition) is 1. The van der Waals surface area contributed by atoms with Crippen molar-refractivity contribution in [2.24, 2.45) is 0 Å². The zero-order chi connectivity index (χ0) is 17.4. The maximum atomic E-state index is 13.5. The van der Waals surface area contributed by atoms with Crippen molar-refractivity contribution in [2.45, 2.75) is 13.3 Å². The fourth-order valence-electron chi connectivity index (χ4n) is 2.61. The fourth-order valence-corrected chi connectivity index (χ4v) is 2.69. The van der Waals surface area contributed by atoms with E-state index >= 15 is 0 Å². The third-order valence-corrected chi connectivity index (χ3v) is 4.28. The smallest absolute Gasteiger partial charge is 0.123 e. The van der Waals surface area contributed by atoms with Crippen LogP contribution >= 0.6 is 12.2 Å². The third kappa shape index (κ3) is 2.94. The van der Waals surface area contributed by atoms with Crippen LogP contribution in [0.5, 0.6) is 0 Å². The minimum atomic E-state index is -0.301. The van der Waals surface area contributed by atoms with Crippen molar-refractivity contribution >= 4 is 39.1 Å². The van der Waals surface area contributed by atoms with E-state index in [4.69, 9.17) is 12.2 Å². The summed E-state index contributed by atoms with van der Waals surface area (Å²) in [5.74, 6) is -0.301. The van der Waals surface area contributed by atoms with Crippen LogP contribution in [-0.2, 0) is 0 Å². The van der Waals surface area contributed by atoms with E-state index in [0.29, 0.717) is 21.8 Å². The van der Waals surface area contributed by atoms with Gasteiger partial charge in [0.15, 0.2) is 0 Å². The normalized spacial score (nSPS) is 11.1. The second kappa shape index (κ2) is 6.18. The van der Waals surface area contributed by atoms with Gasteiger partial charge in [-0.05, 0) is 30.7 Å². The van der Waals surface area contributed by atoms with Gasteiger partial charge in [0, 0.05) is 10.9 Å². The maximum Gasteiger partial charge on any atom is 0.123 e. The molecule has 0 aliphatic heterocycles. The van der Waals surface area contributed by atoms with Gasteiger partial charge in [-0.3, -0.25) is 10.4 Å². The molecule has 7 heteroatoms. The van der Waals surface area contributed by atoms with Gasteiger partial charge in [0.1, 0.15) is 5.82 Å². The molecule has 25 heavy (non-hydrogen) atoms. The molecule has 0 saturated heterocycles. The zero-order valence-corrected chi connectivity index (χ0v) is 14.2. The lowest BCUT2D eigenvalue weighted by atomic mass is 10.1. The molecule has 0 spiro atoms. The van der Waals surface area contributed by atoms with E-state index in [0.717, 1.165) is 22.8 Å². The van der Waals surface area contributed by atoms with Crippen LogP contribution in [-0.4, -0.2) is 24.8 Å². The molecule has 4 aromatic rings. The van der Waals surface area contributed by atoms with Crippen molar-refractivity contribution in [2.75, 3.05) is 5.43 Å². The SMILES string of the molecule is CCC(=S)Nn1ncc2cc3ncc(-c4cccc(F)c4)nc3cc21. The van der Waals surface area contributed by atoms with Gasteiger partial charge in [-0.2, -0.15) is 9.89 Å². The number of fused-ring (bicyclic) bond motifs is 2. The molecule has 0 aliphatic rings. The maximum absolute atomic E-state index is 13.5. The summed E-state index contributed by atoms with van der Waals surface area (Å²) in [6, 6.07) is 10.1. The number of nitrogens with zero attached hydrogens (tertiary/aromatic N) is 4. The van der Waals surface area contributed by atoms with Crippen molar-refractivity contribution < 1.29 is 4.39 Å². The first-order chi connectivity index (χ1) is 12.1. The lowest BCUT2D eigenvalue weighted by Gasteiger charge is -2.07. The second-order valence-electron chi connectivity index (χ2n) is 5.61. The predicted molar refractivity (Wildman–Crippen MR) is 100 cm³/mol. The van der Waals surface area contributed by atoms with Crippen LogP contribution < -0.4 is 5.43 Å². The molecule has 2 heterocycles. The van der Waals surface area contributed by atoms with E-state index in [9.17, 15) is 4.39 Å². The van der Waals surface area contributed by atoms with Crippen LogP contribution in [0.15, 0.2) is 48.8 Å². The molecule has 2 aromatic carbocycles. The van der Waals surface area contributed by atoms with E-state index in [2.05, 4.69) is 20.5 Å². The van der Waals surface area contributed by atoms with Crippen molar-refractivity contribution in [3.8, 4) is 11.3 Å². The lowest BCUT2D eigenvalue weighted by molar-refractivity contribution is 0.628. The minimum Gasteiger partial charge on any atom is -0.271 e. The molecular formula is C18H14FN5S. The number of benzene rings is 2. The third-order valence-electron chi connectivity index (χ3n) is 3.90. The highest BCUT2D eigenvalue weighted by Crippen LogP contribution is 2.23. The predicted octanol–water partition coefficient (Wildman–Crippen LogP) is 4.07. The molecular weight excluding hydrogens is 337 g/mol. The Kier molecular flexibility index (Phi) is 3.85. The monoisotopic (exact) mass is 351 g/mol. The van der Waals surface area contributed by atoms with Gasteiger partial charge >= 0.3 is 0 Å². The van der Waals surface area contributed by atoms with Crippen LogP contribution in [0.3, 0.4) is 0 Å². The number of rotatable bonds is 3.